The van der Waals surface area contributed by atoms with Crippen LogP contribution < -0.4 is 10.2 Å². The number of ether oxygens (including phenoxy) is 1. The molecule has 1 aromatic carbocycles. The van der Waals surface area contributed by atoms with Crippen molar-refractivity contribution in [3.8, 4) is 0 Å². The van der Waals surface area contributed by atoms with Gasteiger partial charge in [-0.1, -0.05) is 30.3 Å². The van der Waals surface area contributed by atoms with Crippen LogP contribution in [0.4, 0.5) is 11.6 Å². The molecule has 9 heteroatoms. The number of benzene rings is 1. The first-order valence-corrected chi connectivity index (χ1v) is 9.49. The summed E-state index contributed by atoms with van der Waals surface area (Å²) in [5.41, 5.74) is 2.13. The van der Waals surface area contributed by atoms with Gasteiger partial charge in [0.1, 0.15) is 0 Å². The highest BCUT2D eigenvalue weighted by molar-refractivity contribution is 5.74. The van der Waals surface area contributed by atoms with Gasteiger partial charge in [0.15, 0.2) is 11.6 Å². The molecule has 9 nitrogen and oxygen atoms in total. The average molecular weight is 383 g/mol. The molecule has 0 radical (unpaired) electrons. The van der Waals surface area contributed by atoms with Gasteiger partial charge >= 0.3 is 0 Å². The summed E-state index contributed by atoms with van der Waals surface area (Å²) in [5, 5.41) is 11.1. The van der Waals surface area contributed by atoms with E-state index in [1.165, 1.54) is 5.56 Å². The fraction of sp³-hybridized carbons (Fsp3) is 0.474. The summed E-state index contributed by atoms with van der Waals surface area (Å²) < 4.78 is 9.94. The molecule has 3 heterocycles. The highest BCUT2D eigenvalue weighted by Crippen LogP contribution is 2.30. The Bertz CT molecular complexity index is 902. The second kappa shape index (κ2) is 8.49. The molecule has 1 N–H and O–H groups in total. The van der Waals surface area contributed by atoms with Gasteiger partial charge in [-0.05, 0) is 29.3 Å². The Morgan fingerprint density at radius 2 is 1.93 bits per heavy atom. The maximum atomic E-state index is 5.13. The van der Waals surface area contributed by atoms with Crippen LogP contribution >= 0.6 is 0 Å². The van der Waals surface area contributed by atoms with Crippen molar-refractivity contribution in [2.45, 2.75) is 12.5 Å². The van der Waals surface area contributed by atoms with Gasteiger partial charge in [0, 0.05) is 39.9 Å². The maximum absolute atomic E-state index is 5.13. The lowest BCUT2D eigenvalue weighted by Gasteiger charge is -2.40. The fourth-order valence-electron chi connectivity index (χ4n) is 3.49. The lowest BCUT2D eigenvalue weighted by Crippen LogP contribution is -2.47. The number of likely N-dealkylation sites (N-methyl/N-ethyl adjacent to an activating group) is 1. The minimum atomic E-state index is 0.282. The monoisotopic (exact) mass is 383 g/mol. The third kappa shape index (κ3) is 3.90. The summed E-state index contributed by atoms with van der Waals surface area (Å²) in [6, 6.07) is 10.8. The lowest BCUT2D eigenvalue weighted by atomic mass is 10.0. The number of rotatable bonds is 7. The summed E-state index contributed by atoms with van der Waals surface area (Å²) in [4.78, 5) is 13.9. The van der Waals surface area contributed by atoms with Crippen LogP contribution in [0.3, 0.4) is 0 Å². The van der Waals surface area contributed by atoms with Crippen molar-refractivity contribution >= 4 is 22.9 Å². The number of nitrogens with zero attached hydrogens (tertiary/aromatic N) is 6. The van der Waals surface area contributed by atoms with Crippen LogP contribution in [0, 0.1) is 0 Å². The Morgan fingerprint density at radius 3 is 2.71 bits per heavy atom. The van der Waals surface area contributed by atoms with Crippen LogP contribution in [-0.4, -0.2) is 72.1 Å². The molecule has 1 aliphatic heterocycles. The van der Waals surface area contributed by atoms with E-state index in [1.54, 1.807) is 7.11 Å². The molecule has 1 aliphatic rings. The fourth-order valence-corrected chi connectivity index (χ4v) is 3.49. The Kier molecular flexibility index (Phi) is 5.63. The molecule has 1 fully saturated rings. The highest BCUT2D eigenvalue weighted by atomic mass is 16.6. The second-order valence-corrected chi connectivity index (χ2v) is 6.93. The summed E-state index contributed by atoms with van der Waals surface area (Å²) >= 11 is 0. The van der Waals surface area contributed by atoms with Crippen molar-refractivity contribution in [1.82, 2.24) is 25.2 Å². The number of piperazine rings is 1. The molecule has 4 rings (SSSR count). The minimum absolute atomic E-state index is 0.282. The van der Waals surface area contributed by atoms with E-state index < -0.39 is 0 Å². The zero-order valence-corrected chi connectivity index (χ0v) is 16.2. The number of hydrogen-bond acceptors (Lipinski definition) is 9. The minimum Gasteiger partial charge on any atom is -0.385 e. The number of nitrogens with one attached hydrogen (secondary N) is 1. The summed E-state index contributed by atoms with van der Waals surface area (Å²) in [6.07, 6.45) is 0.877. The van der Waals surface area contributed by atoms with Crippen LogP contribution in [0.25, 0.3) is 11.3 Å². The molecule has 0 spiro atoms. The quantitative estimate of drug-likeness (QED) is 0.615. The normalized spacial score (nSPS) is 17.9. The Balaban J connectivity index is 1.61. The second-order valence-electron chi connectivity index (χ2n) is 6.93. The van der Waals surface area contributed by atoms with Gasteiger partial charge < -0.3 is 15.0 Å². The molecule has 0 aliphatic carbocycles. The number of aromatic nitrogens is 4. The number of methoxy groups -OCH3 is 1. The van der Waals surface area contributed by atoms with Gasteiger partial charge in [-0.15, -0.1) is 0 Å². The predicted octanol–water partition coefficient (Wildman–Crippen LogP) is 1.95. The molecule has 0 bridgehead atoms. The molecule has 1 atom stereocenters. The van der Waals surface area contributed by atoms with Crippen molar-refractivity contribution in [3.63, 3.8) is 0 Å². The summed E-state index contributed by atoms with van der Waals surface area (Å²) in [6.45, 7) is 4.03. The molecule has 2 aromatic heterocycles. The molecule has 28 heavy (non-hydrogen) atoms. The van der Waals surface area contributed by atoms with Crippen molar-refractivity contribution in [2.75, 3.05) is 57.2 Å². The zero-order chi connectivity index (χ0) is 19.3. The molecular formula is C19H25N7O2. The Morgan fingerprint density at radius 1 is 1.14 bits per heavy atom. The van der Waals surface area contributed by atoms with E-state index in [2.05, 4.69) is 61.7 Å². The van der Waals surface area contributed by atoms with E-state index in [0.717, 1.165) is 38.4 Å². The summed E-state index contributed by atoms with van der Waals surface area (Å²) in [7, 11) is 3.86. The van der Waals surface area contributed by atoms with E-state index >= 15 is 0 Å². The van der Waals surface area contributed by atoms with Crippen LogP contribution in [0.2, 0.25) is 0 Å². The number of anilines is 2. The molecular weight excluding hydrogens is 358 g/mol. The van der Waals surface area contributed by atoms with Gasteiger partial charge in [0.05, 0.1) is 6.04 Å². The van der Waals surface area contributed by atoms with E-state index in [0.29, 0.717) is 23.7 Å². The summed E-state index contributed by atoms with van der Waals surface area (Å²) in [5.74, 6) is 1.49. The largest absolute Gasteiger partial charge is 0.385 e. The van der Waals surface area contributed by atoms with E-state index in [4.69, 9.17) is 14.3 Å². The first-order chi connectivity index (χ1) is 13.8. The van der Waals surface area contributed by atoms with Gasteiger partial charge in [-0.2, -0.15) is 0 Å². The van der Waals surface area contributed by atoms with E-state index in [1.807, 2.05) is 6.07 Å². The van der Waals surface area contributed by atoms with Crippen LogP contribution in [0.1, 0.15) is 18.0 Å². The number of fused-ring (bicyclic) bond motifs is 1. The van der Waals surface area contributed by atoms with Gasteiger partial charge in [-0.25, -0.2) is 14.6 Å². The van der Waals surface area contributed by atoms with Crippen molar-refractivity contribution in [3.05, 3.63) is 35.9 Å². The first-order valence-electron chi connectivity index (χ1n) is 9.49. The van der Waals surface area contributed by atoms with Crippen LogP contribution in [0.5, 0.6) is 0 Å². The molecule has 0 amide bonds. The van der Waals surface area contributed by atoms with Crippen molar-refractivity contribution in [1.29, 1.82) is 0 Å². The van der Waals surface area contributed by atoms with Crippen molar-refractivity contribution in [2.24, 2.45) is 0 Å². The lowest BCUT2D eigenvalue weighted by molar-refractivity contribution is 0.197. The van der Waals surface area contributed by atoms with Gasteiger partial charge in [-0.3, -0.25) is 4.90 Å². The van der Waals surface area contributed by atoms with E-state index in [-0.39, 0.29) is 6.04 Å². The third-order valence-corrected chi connectivity index (χ3v) is 5.05. The SMILES string of the molecule is COCCCNc1nc2nonc2nc1N1CCN(C)C(c2ccccc2)C1. The molecule has 1 saturated heterocycles. The highest BCUT2D eigenvalue weighted by Gasteiger charge is 2.28. The average Bonchev–Trinajstić information content (AvgIpc) is 3.19. The molecule has 148 valence electrons. The molecule has 0 saturated carbocycles. The third-order valence-electron chi connectivity index (χ3n) is 5.05. The Hall–Kier alpha value is -2.78. The smallest absolute Gasteiger partial charge is 0.245 e. The zero-order valence-electron chi connectivity index (χ0n) is 16.2. The van der Waals surface area contributed by atoms with Gasteiger partial charge in [0.25, 0.3) is 0 Å². The topological polar surface area (TPSA) is 92.4 Å². The predicted molar refractivity (Wildman–Crippen MR) is 106 cm³/mol. The van der Waals surface area contributed by atoms with Crippen LogP contribution in [0.15, 0.2) is 35.0 Å². The van der Waals surface area contributed by atoms with Crippen molar-refractivity contribution < 1.29 is 9.37 Å². The molecule has 3 aromatic rings. The number of hydrogen-bond donors (Lipinski definition) is 1. The molecule has 1 unspecified atom stereocenters. The van der Waals surface area contributed by atoms with Crippen LogP contribution in [-0.2, 0) is 4.74 Å². The first kappa shape index (κ1) is 18.6. The van der Waals surface area contributed by atoms with Gasteiger partial charge in [0.2, 0.25) is 11.3 Å². The van der Waals surface area contributed by atoms with E-state index in [9.17, 15) is 0 Å². The Labute approximate surface area is 163 Å². The standard InChI is InChI=1S/C19H25N7O2/c1-25-10-11-26(13-15(25)14-7-4-3-5-8-14)19-18(20-9-6-12-27-2)21-16-17(22-19)24-28-23-16/h3-5,7-8,15H,6,9-13H2,1-2H3,(H,20,21,23). The maximum Gasteiger partial charge on any atom is 0.245 e.